The van der Waals surface area contributed by atoms with E-state index in [-0.39, 0.29) is 0 Å². The Hall–Kier alpha value is -0.553. The van der Waals surface area contributed by atoms with Crippen LogP contribution in [0.25, 0.3) is 0 Å². The largest absolute Gasteiger partial charge is 0.512 e. The van der Waals surface area contributed by atoms with E-state index in [0.29, 0.717) is 17.1 Å². The van der Waals surface area contributed by atoms with E-state index in [2.05, 4.69) is 4.43 Å². The molecule has 0 aromatic rings. The first-order chi connectivity index (χ1) is 4.72. The minimum atomic E-state index is -0.417. The van der Waals surface area contributed by atoms with Crippen molar-refractivity contribution < 1.29 is 14.1 Å². The summed E-state index contributed by atoms with van der Waals surface area (Å²) in [5.74, 6) is 0. The molecular formula is C5H13NO3Si. The summed E-state index contributed by atoms with van der Waals surface area (Å²) >= 11 is 0. The van der Waals surface area contributed by atoms with Crippen LogP contribution < -0.4 is 0 Å². The van der Waals surface area contributed by atoms with E-state index in [0.717, 1.165) is 11.5 Å². The molecule has 0 aliphatic rings. The lowest BCUT2D eigenvalue weighted by Crippen LogP contribution is -2.27. The summed E-state index contributed by atoms with van der Waals surface area (Å²) in [7, 11) is 1.95. The van der Waals surface area contributed by atoms with Gasteiger partial charge in [-0.3, -0.25) is 4.84 Å². The smallest absolute Gasteiger partial charge is 0.419 e. The molecule has 4 nitrogen and oxygen atoms in total. The molecule has 0 saturated heterocycles. The Labute approximate surface area is 63.6 Å². The number of amides is 1. The van der Waals surface area contributed by atoms with Gasteiger partial charge in [-0.1, -0.05) is 6.92 Å². The molecule has 0 N–H and O–H groups in total. The third-order valence-electron chi connectivity index (χ3n) is 0.921. The van der Waals surface area contributed by atoms with E-state index >= 15 is 0 Å². The Morgan fingerprint density at radius 3 is 2.70 bits per heavy atom. The number of nitrogens with zero attached hydrogens (tertiary/aromatic N) is 1. The van der Waals surface area contributed by atoms with Gasteiger partial charge in [0.05, 0.1) is 6.61 Å². The predicted octanol–water partition coefficient (Wildman–Crippen LogP) is -0.323. The normalized spacial score (nSPS) is 9.40. The van der Waals surface area contributed by atoms with Crippen LogP contribution in [0.2, 0.25) is 0 Å². The van der Waals surface area contributed by atoms with Crippen molar-refractivity contribution in [2.45, 2.75) is 13.3 Å². The molecule has 0 bridgehead atoms. The molecular weight excluding hydrogens is 150 g/mol. The number of hydrogen-bond donors (Lipinski definition) is 0. The lowest BCUT2D eigenvalue weighted by molar-refractivity contribution is -0.109. The maximum absolute atomic E-state index is 10.6. The first-order valence-corrected chi connectivity index (χ1v) is 3.98. The quantitative estimate of drug-likeness (QED) is 0.423. The van der Waals surface area contributed by atoms with E-state index < -0.39 is 6.09 Å². The summed E-state index contributed by atoms with van der Waals surface area (Å²) < 4.78 is 4.51. The van der Waals surface area contributed by atoms with Gasteiger partial charge in [0.25, 0.3) is 0 Å². The van der Waals surface area contributed by atoms with Crippen molar-refractivity contribution in [3.05, 3.63) is 0 Å². The summed E-state index contributed by atoms with van der Waals surface area (Å²) in [6, 6.07) is 0. The summed E-state index contributed by atoms with van der Waals surface area (Å²) in [4.78, 5) is 15.6. The van der Waals surface area contributed by atoms with Crippen LogP contribution in [-0.4, -0.2) is 35.3 Å². The highest BCUT2D eigenvalue weighted by Gasteiger charge is 2.05. The molecule has 10 heavy (non-hydrogen) atoms. The molecule has 0 atom stereocenters. The fourth-order valence-corrected chi connectivity index (χ4v) is 0.667. The van der Waals surface area contributed by atoms with Gasteiger partial charge in [-0.05, 0) is 6.42 Å². The molecule has 0 unspecified atom stereocenters. The minimum Gasteiger partial charge on any atom is -0.512 e. The van der Waals surface area contributed by atoms with Crippen LogP contribution >= 0.6 is 0 Å². The molecule has 0 saturated carbocycles. The van der Waals surface area contributed by atoms with Crippen molar-refractivity contribution in [1.29, 1.82) is 0 Å². The maximum atomic E-state index is 10.6. The third kappa shape index (κ3) is 3.47. The highest BCUT2D eigenvalue weighted by molar-refractivity contribution is 6.04. The zero-order chi connectivity index (χ0) is 7.98. The molecule has 0 aliphatic carbocycles. The predicted molar refractivity (Wildman–Crippen MR) is 40.4 cm³/mol. The highest BCUT2D eigenvalue weighted by Crippen LogP contribution is 1.90. The molecule has 0 fully saturated rings. The van der Waals surface area contributed by atoms with Crippen LogP contribution in [0.3, 0.4) is 0 Å². The van der Waals surface area contributed by atoms with Gasteiger partial charge in [-0.2, -0.15) is 5.06 Å². The second kappa shape index (κ2) is 5.25. The number of hydroxylamine groups is 2. The maximum Gasteiger partial charge on any atom is 0.419 e. The van der Waals surface area contributed by atoms with Crippen LogP contribution in [-0.2, 0) is 9.26 Å². The van der Waals surface area contributed by atoms with E-state index in [1.807, 2.05) is 6.92 Å². The molecule has 0 radical (unpaired) electrons. The molecule has 0 rings (SSSR count). The first kappa shape index (κ1) is 9.45. The molecule has 5 heteroatoms. The minimum absolute atomic E-state index is 0.408. The van der Waals surface area contributed by atoms with E-state index in [1.165, 1.54) is 7.05 Å². The second-order valence-electron chi connectivity index (χ2n) is 1.80. The van der Waals surface area contributed by atoms with E-state index in [9.17, 15) is 4.79 Å². The number of rotatable bonds is 3. The lowest BCUT2D eigenvalue weighted by Gasteiger charge is -2.14. The zero-order valence-electron chi connectivity index (χ0n) is 6.59. The Bertz CT molecular complexity index is 109. The molecule has 0 heterocycles. The standard InChI is InChI=1S/C5H13NO3Si/c1-3-4-8-6(2)5(7)9-10/h3-4H2,1-2,10H3. The zero-order valence-corrected chi connectivity index (χ0v) is 8.59. The monoisotopic (exact) mass is 163 g/mol. The van der Waals surface area contributed by atoms with Crippen LogP contribution in [0.4, 0.5) is 4.79 Å². The molecule has 60 valence electrons. The number of carbonyl (C=O) groups is 1. The summed E-state index contributed by atoms with van der Waals surface area (Å²) in [5, 5.41) is 1.11. The second-order valence-corrected chi connectivity index (χ2v) is 2.21. The van der Waals surface area contributed by atoms with Crippen LogP contribution in [0.1, 0.15) is 13.3 Å². The Kier molecular flexibility index (Phi) is 4.96. The number of carbonyl (C=O) groups excluding carboxylic acids is 1. The van der Waals surface area contributed by atoms with Crippen molar-refractivity contribution in [2.75, 3.05) is 13.7 Å². The van der Waals surface area contributed by atoms with Crippen molar-refractivity contribution in [2.24, 2.45) is 0 Å². The topological polar surface area (TPSA) is 38.8 Å². The van der Waals surface area contributed by atoms with Crippen LogP contribution in [0.15, 0.2) is 0 Å². The first-order valence-electron chi connectivity index (χ1n) is 3.17. The summed E-state index contributed by atoms with van der Waals surface area (Å²) in [5.41, 5.74) is 0. The molecule has 1 amide bonds. The third-order valence-corrected chi connectivity index (χ3v) is 1.27. The van der Waals surface area contributed by atoms with Crippen LogP contribution in [0.5, 0.6) is 0 Å². The summed E-state index contributed by atoms with van der Waals surface area (Å²) in [6.45, 7) is 2.52. The fourth-order valence-electron chi connectivity index (χ4n) is 0.409. The van der Waals surface area contributed by atoms with Crippen LogP contribution in [0, 0.1) is 0 Å². The van der Waals surface area contributed by atoms with Gasteiger partial charge < -0.3 is 4.43 Å². The van der Waals surface area contributed by atoms with E-state index in [1.54, 1.807) is 0 Å². The lowest BCUT2D eigenvalue weighted by atomic mass is 10.5. The van der Waals surface area contributed by atoms with E-state index in [4.69, 9.17) is 4.84 Å². The molecule has 0 aromatic heterocycles. The van der Waals surface area contributed by atoms with Crippen molar-refractivity contribution in [3.8, 4) is 0 Å². The van der Waals surface area contributed by atoms with Gasteiger partial charge in [0.15, 0.2) is 0 Å². The van der Waals surface area contributed by atoms with Gasteiger partial charge >= 0.3 is 6.09 Å². The molecule has 0 aromatic carbocycles. The Morgan fingerprint density at radius 1 is 1.70 bits per heavy atom. The average Bonchev–Trinajstić information content (AvgIpc) is 1.98. The van der Waals surface area contributed by atoms with Gasteiger partial charge in [-0.15, -0.1) is 0 Å². The fraction of sp³-hybridized carbons (Fsp3) is 0.800. The van der Waals surface area contributed by atoms with Gasteiger partial charge in [-0.25, -0.2) is 4.79 Å². The molecule has 0 aliphatic heterocycles. The van der Waals surface area contributed by atoms with Crippen molar-refractivity contribution >= 4 is 16.6 Å². The van der Waals surface area contributed by atoms with Gasteiger partial charge in [0.1, 0.15) is 0 Å². The average molecular weight is 163 g/mol. The van der Waals surface area contributed by atoms with Gasteiger partial charge in [0, 0.05) is 7.05 Å². The Morgan fingerprint density at radius 2 is 2.30 bits per heavy atom. The Balaban J connectivity index is 3.41. The number of hydrogen-bond acceptors (Lipinski definition) is 3. The SMILES string of the molecule is CCCON(C)C(=O)O[SiH3]. The van der Waals surface area contributed by atoms with Crippen molar-refractivity contribution in [3.63, 3.8) is 0 Å². The van der Waals surface area contributed by atoms with Gasteiger partial charge in [0.2, 0.25) is 10.5 Å². The summed E-state index contributed by atoms with van der Waals surface area (Å²) in [6.07, 6.45) is 0.471. The highest BCUT2D eigenvalue weighted by atomic mass is 28.2. The molecule has 0 spiro atoms. The van der Waals surface area contributed by atoms with Crippen molar-refractivity contribution in [1.82, 2.24) is 5.06 Å².